The molecule has 0 radical (unpaired) electrons. The van der Waals surface area contributed by atoms with Gasteiger partial charge in [-0.2, -0.15) is 15.2 Å². The Bertz CT molecular complexity index is 1720. The van der Waals surface area contributed by atoms with Gasteiger partial charge < -0.3 is 24.2 Å². The van der Waals surface area contributed by atoms with E-state index in [1.54, 1.807) is 6.26 Å². The zero-order valence-electron chi connectivity index (χ0n) is 28.4. The number of piperazine rings is 1. The second-order valence-electron chi connectivity index (χ2n) is 13.5. The van der Waals surface area contributed by atoms with Crippen LogP contribution in [0.25, 0.3) is 10.8 Å². The molecule has 2 aliphatic heterocycles. The summed E-state index contributed by atoms with van der Waals surface area (Å²) in [5.41, 5.74) is 9.12. The molecule has 248 valence electrons. The van der Waals surface area contributed by atoms with Crippen molar-refractivity contribution in [3.8, 4) is 17.5 Å². The standard InChI is InChI=1S/C36H45N5O4SSi/c1-23(2)47(24(3)4,25(5)6)19-15-27-11-8-10-26-12-9-13-29(33(26)27)32-20-31-30(22-45-32)34(39-35(38-31)46(7)44)40-17-18-41(36(42)43)28(21-40)14-16-37/h8-13,23-25,28,32H,14,17-18,20-22H2,1-7H3,(H,42,43)/t28-,32?,46?/m0/s1. The summed E-state index contributed by atoms with van der Waals surface area (Å²) < 4.78 is 19.3. The zero-order valence-corrected chi connectivity index (χ0v) is 30.2. The Morgan fingerprint density at radius 2 is 1.79 bits per heavy atom. The minimum absolute atomic E-state index is 0.0721. The van der Waals surface area contributed by atoms with Crippen molar-refractivity contribution in [2.45, 2.75) is 94.9 Å². The lowest BCUT2D eigenvalue weighted by Crippen LogP contribution is -2.55. The fourth-order valence-corrected chi connectivity index (χ4v) is 13.4. The van der Waals surface area contributed by atoms with Gasteiger partial charge in [0.2, 0.25) is 0 Å². The summed E-state index contributed by atoms with van der Waals surface area (Å²) >= 11 is -1.43. The maximum Gasteiger partial charge on any atom is 0.407 e. The molecule has 1 saturated heterocycles. The van der Waals surface area contributed by atoms with Crippen LogP contribution >= 0.6 is 0 Å². The quantitative estimate of drug-likeness (QED) is 0.125. The summed E-state index contributed by atoms with van der Waals surface area (Å²) in [4.78, 5) is 24.6. The second kappa shape index (κ2) is 14.2. The summed E-state index contributed by atoms with van der Waals surface area (Å²) in [6.45, 7) is 15.2. The molecule has 9 nitrogen and oxygen atoms in total. The summed E-state index contributed by atoms with van der Waals surface area (Å²) in [6, 6.07) is 14.2. The van der Waals surface area contributed by atoms with Gasteiger partial charge in [-0.25, -0.2) is 4.79 Å². The first kappa shape index (κ1) is 34.7. The molecule has 0 aliphatic carbocycles. The lowest BCUT2D eigenvalue weighted by Gasteiger charge is -2.40. The lowest BCUT2D eigenvalue weighted by atomic mass is 9.92. The number of nitriles is 1. The maximum atomic E-state index is 12.7. The Hall–Kier alpha value is -3.61. The highest BCUT2D eigenvalue weighted by Crippen LogP contribution is 2.42. The summed E-state index contributed by atoms with van der Waals surface area (Å²) in [5, 5.41) is 21.5. The number of carbonyl (C=O) groups is 1. The molecule has 3 aromatic rings. The molecule has 1 fully saturated rings. The van der Waals surface area contributed by atoms with E-state index in [1.165, 1.54) is 4.90 Å². The largest absolute Gasteiger partial charge is 0.609 e. The minimum atomic E-state index is -1.96. The summed E-state index contributed by atoms with van der Waals surface area (Å²) in [5.74, 6) is 4.29. The van der Waals surface area contributed by atoms with Gasteiger partial charge in [-0.3, -0.25) is 0 Å². The molecule has 2 aliphatic rings. The number of hydrogen-bond acceptors (Lipinski definition) is 7. The van der Waals surface area contributed by atoms with Gasteiger partial charge in [0.1, 0.15) is 20.1 Å². The molecular weight excluding hydrogens is 627 g/mol. The normalized spacial score (nSPS) is 19.0. The molecule has 3 heterocycles. The second-order valence-corrected chi connectivity index (χ2v) is 20.4. The molecule has 1 amide bonds. The van der Waals surface area contributed by atoms with Gasteiger partial charge in [-0.1, -0.05) is 77.8 Å². The lowest BCUT2D eigenvalue weighted by molar-refractivity contribution is 0.0265. The molecule has 2 unspecified atom stereocenters. The van der Waals surface area contributed by atoms with Gasteiger partial charge in [0.05, 0.1) is 36.9 Å². The molecule has 5 rings (SSSR count). The third kappa shape index (κ3) is 6.73. The van der Waals surface area contributed by atoms with Crippen molar-refractivity contribution in [3.63, 3.8) is 0 Å². The number of ether oxygens (including phenoxy) is 1. The fourth-order valence-electron chi connectivity index (χ4n) is 7.75. The molecule has 11 heteroatoms. The van der Waals surface area contributed by atoms with Crippen molar-refractivity contribution in [1.82, 2.24) is 14.9 Å². The Morgan fingerprint density at radius 3 is 2.40 bits per heavy atom. The highest BCUT2D eigenvalue weighted by Gasteiger charge is 2.42. The van der Waals surface area contributed by atoms with Crippen molar-refractivity contribution < 1.29 is 19.2 Å². The van der Waals surface area contributed by atoms with E-state index >= 15 is 0 Å². The van der Waals surface area contributed by atoms with Crippen LogP contribution < -0.4 is 4.90 Å². The number of nitrogens with zero attached hydrogens (tertiary/aromatic N) is 5. The Kier molecular flexibility index (Phi) is 10.5. The molecule has 1 aromatic heterocycles. The predicted octanol–water partition coefficient (Wildman–Crippen LogP) is 6.83. The number of fused-ring (bicyclic) bond motifs is 2. The van der Waals surface area contributed by atoms with Crippen LogP contribution in [0.5, 0.6) is 0 Å². The van der Waals surface area contributed by atoms with Crippen molar-refractivity contribution >= 4 is 41.9 Å². The fraction of sp³-hybridized carbons (Fsp3) is 0.500. The van der Waals surface area contributed by atoms with Crippen LogP contribution in [-0.4, -0.2) is 70.6 Å². The van der Waals surface area contributed by atoms with E-state index in [-0.39, 0.29) is 30.8 Å². The average molecular weight is 672 g/mol. The molecule has 3 atom stereocenters. The first-order chi connectivity index (χ1) is 22.4. The number of amides is 1. The van der Waals surface area contributed by atoms with E-state index in [0.717, 1.165) is 33.2 Å². The number of hydrogen-bond donors (Lipinski definition) is 1. The van der Waals surface area contributed by atoms with E-state index in [2.05, 4.69) is 95.5 Å². The highest BCUT2D eigenvalue weighted by atomic mass is 32.2. The van der Waals surface area contributed by atoms with Gasteiger partial charge in [0, 0.05) is 53.7 Å². The van der Waals surface area contributed by atoms with Crippen LogP contribution in [0.4, 0.5) is 10.6 Å². The van der Waals surface area contributed by atoms with Crippen molar-refractivity contribution in [2.75, 3.05) is 30.8 Å². The Labute approximate surface area is 282 Å². The third-order valence-electron chi connectivity index (χ3n) is 10.0. The monoisotopic (exact) mass is 671 g/mol. The van der Waals surface area contributed by atoms with E-state index in [0.29, 0.717) is 42.0 Å². The van der Waals surface area contributed by atoms with Crippen molar-refractivity contribution in [3.05, 3.63) is 58.8 Å². The molecule has 47 heavy (non-hydrogen) atoms. The van der Waals surface area contributed by atoms with Crippen LogP contribution in [0.2, 0.25) is 16.6 Å². The Balaban J connectivity index is 1.55. The molecule has 2 aromatic carbocycles. The van der Waals surface area contributed by atoms with E-state index in [4.69, 9.17) is 14.7 Å². The number of anilines is 1. The highest BCUT2D eigenvalue weighted by molar-refractivity contribution is 7.90. The van der Waals surface area contributed by atoms with E-state index < -0.39 is 31.4 Å². The van der Waals surface area contributed by atoms with Gasteiger partial charge in [-0.05, 0) is 33.6 Å². The van der Waals surface area contributed by atoms with Gasteiger partial charge in [0.15, 0.2) is 0 Å². The zero-order chi connectivity index (χ0) is 34.0. The van der Waals surface area contributed by atoms with Gasteiger partial charge >= 0.3 is 11.2 Å². The molecule has 0 saturated carbocycles. The first-order valence-corrected chi connectivity index (χ1v) is 20.2. The van der Waals surface area contributed by atoms with Crippen LogP contribution in [0.3, 0.4) is 0 Å². The average Bonchev–Trinajstić information content (AvgIpc) is 3.03. The SMILES string of the molecule is CC(C)[Si](C#Cc1cccc2cccc(C3Cc4nc([S+](C)[O-])nc(N5CCN(C(=O)O)[C@@H](CC#N)C5)c4CO3)c12)(C(C)C)C(C)C. The van der Waals surface area contributed by atoms with Crippen LogP contribution in [0.1, 0.15) is 76.5 Å². The number of aromatic nitrogens is 2. The number of rotatable bonds is 7. The van der Waals surface area contributed by atoms with Crippen LogP contribution in [0.15, 0.2) is 41.6 Å². The Morgan fingerprint density at radius 1 is 1.11 bits per heavy atom. The van der Waals surface area contributed by atoms with Crippen LogP contribution in [-0.2, 0) is 28.9 Å². The summed E-state index contributed by atoms with van der Waals surface area (Å²) in [7, 11) is -1.96. The topological polar surface area (TPSA) is 126 Å². The maximum absolute atomic E-state index is 12.7. The predicted molar refractivity (Wildman–Crippen MR) is 188 cm³/mol. The molecule has 0 bridgehead atoms. The number of benzene rings is 2. The molecule has 0 spiro atoms. The van der Waals surface area contributed by atoms with Gasteiger partial charge in [0.25, 0.3) is 0 Å². The first-order valence-electron chi connectivity index (χ1n) is 16.4. The number of carboxylic acid groups (broad SMARTS) is 1. The van der Waals surface area contributed by atoms with Crippen molar-refractivity contribution in [2.24, 2.45) is 0 Å². The van der Waals surface area contributed by atoms with Gasteiger partial charge in [-0.15, -0.1) is 5.54 Å². The molecular formula is C36H45N5O4SSi. The van der Waals surface area contributed by atoms with E-state index in [9.17, 15) is 19.7 Å². The van der Waals surface area contributed by atoms with E-state index in [1.807, 2.05) is 4.90 Å². The van der Waals surface area contributed by atoms with Crippen molar-refractivity contribution in [1.29, 1.82) is 5.26 Å². The smallest absolute Gasteiger partial charge is 0.407 e. The molecule has 1 N–H and O–H groups in total. The third-order valence-corrected chi connectivity index (χ3v) is 17.0. The summed E-state index contributed by atoms with van der Waals surface area (Å²) in [6.07, 6.45) is 0.763. The minimum Gasteiger partial charge on any atom is -0.609 e. The van der Waals surface area contributed by atoms with Crippen LogP contribution in [0, 0.1) is 22.8 Å².